The fraction of sp³-hybridized carbons (Fsp3) is 0.278. The van der Waals surface area contributed by atoms with E-state index in [9.17, 15) is 4.79 Å². The number of hydrogen-bond donors (Lipinski definition) is 2. The minimum absolute atomic E-state index is 0.123. The highest BCUT2D eigenvalue weighted by Gasteiger charge is 2.38. The Morgan fingerprint density at radius 3 is 3.09 bits per heavy atom. The van der Waals surface area contributed by atoms with Crippen LogP contribution in [0.2, 0.25) is 0 Å². The van der Waals surface area contributed by atoms with Gasteiger partial charge in [-0.05, 0) is 30.5 Å². The second kappa shape index (κ2) is 5.05. The molecule has 112 valence electrons. The van der Waals surface area contributed by atoms with Crippen LogP contribution in [0.25, 0.3) is 0 Å². The quantitative estimate of drug-likeness (QED) is 0.664. The Balaban J connectivity index is 1.64. The van der Waals surface area contributed by atoms with Crippen LogP contribution in [-0.4, -0.2) is 23.4 Å². The average molecular weight is 293 g/mol. The van der Waals surface area contributed by atoms with Crippen LogP contribution >= 0.6 is 0 Å². The summed E-state index contributed by atoms with van der Waals surface area (Å²) in [6, 6.07) is 7.50. The summed E-state index contributed by atoms with van der Waals surface area (Å²) in [5.74, 6) is 0.123. The standard InChI is InChI=1S/C18H19N3O/c19-15-8-4-3-7-14(15)18(22)9-16-12-5-1-2-6-13(12)17-10-20-11-21(16)17/h2-4,6-8,10,16,20H,1,5,9,11,19H2. The number of allylic oxidation sites excluding steroid dienone is 2. The van der Waals surface area contributed by atoms with Crippen LogP contribution in [-0.2, 0) is 0 Å². The maximum Gasteiger partial charge on any atom is 0.167 e. The summed E-state index contributed by atoms with van der Waals surface area (Å²) in [4.78, 5) is 15.0. The predicted octanol–water partition coefficient (Wildman–Crippen LogP) is 2.57. The molecule has 1 atom stereocenters. The van der Waals surface area contributed by atoms with Crippen LogP contribution in [0.4, 0.5) is 5.69 Å². The van der Waals surface area contributed by atoms with Crippen LogP contribution in [0.1, 0.15) is 29.6 Å². The molecule has 3 aliphatic rings. The summed E-state index contributed by atoms with van der Waals surface area (Å²) in [5.41, 5.74) is 11.1. The Labute approximate surface area is 130 Å². The molecule has 4 nitrogen and oxygen atoms in total. The maximum absolute atomic E-state index is 12.7. The molecule has 3 N–H and O–H groups in total. The zero-order valence-electron chi connectivity index (χ0n) is 12.4. The molecule has 0 saturated heterocycles. The van der Waals surface area contributed by atoms with Gasteiger partial charge in [-0.3, -0.25) is 4.79 Å². The highest BCUT2D eigenvalue weighted by Crippen LogP contribution is 2.41. The summed E-state index contributed by atoms with van der Waals surface area (Å²) in [7, 11) is 0. The Morgan fingerprint density at radius 1 is 1.36 bits per heavy atom. The fourth-order valence-corrected chi connectivity index (χ4v) is 3.66. The molecule has 0 fully saturated rings. The number of nitrogens with zero attached hydrogens (tertiary/aromatic N) is 1. The second-order valence-corrected chi connectivity index (χ2v) is 5.97. The zero-order chi connectivity index (χ0) is 15.1. The first kappa shape index (κ1) is 13.2. The minimum atomic E-state index is 0.123. The van der Waals surface area contributed by atoms with Crippen molar-refractivity contribution >= 4 is 11.5 Å². The molecule has 1 unspecified atom stereocenters. The molecule has 4 rings (SSSR count). The van der Waals surface area contributed by atoms with E-state index >= 15 is 0 Å². The first-order valence-corrected chi connectivity index (χ1v) is 7.73. The molecule has 0 spiro atoms. The van der Waals surface area contributed by atoms with Gasteiger partial charge in [-0.15, -0.1) is 0 Å². The van der Waals surface area contributed by atoms with Gasteiger partial charge in [0.2, 0.25) is 0 Å². The van der Waals surface area contributed by atoms with Crippen molar-refractivity contribution in [3.63, 3.8) is 0 Å². The number of rotatable bonds is 3. The number of carbonyl (C=O) groups is 1. The van der Waals surface area contributed by atoms with E-state index in [1.807, 2.05) is 18.2 Å². The normalized spacial score (nSPS) is 22.3. The van der Waals surface area contributed by atoms with E-state index in [1.165, 1.54) is 16.8 Å². The van der Waals surface area contributed by atoms with Crippen LogP contribution in [0.5, 0.6) is 0 Å². The lowest BCUT2D eigenvalue weighted by Crippen LogP contribution is -2.34. The van der Waals surface area contributed by atoms with E-state index < -0.39 is 0 Å². The van der Waals surface area contributed by atoms with Gasteiger partial charge in [-0.1, -0.05) is 24.3 Å². The summed E-state index contributed by atoms with van der Waals surface area (Å²) < 4.78 is 0. The highest BCUT2D eigenvalue weighted by molar-refractivity contribution is 6.01. The molecule has 2 aliphatic heterocycles. The first-order valence-electron chi connectivity index (χ1n) is 7.73. The van der Waals surface area contributed by atoms with E-state index in [1.54, 1.807) is 6.07 Å². The average Bonchev–Trinajstić information content (AvgIpc) is 3.11. The molecule has 0 bridgehead atoms. The van der Waals surface area contributed by atoms with Gasteiger partial charge in [0.25, 0.3) is 0 Å². The van der Waals surface area contributed by atoms with Crippen molar-refractivity contribution in [2.45, 2.75) is 25.3 Å². The Hall–Kier alpha value is -2.49. The lowest BCUT2D eigenvalue weighted by molar-refractivity contribution is 0.0956. The molecule has 0 radical (unpaired) electrons. The van der Waals surface area contributed by atoms with E-state index in [2.05, 4.69) is 28.6 Å². The van der Waals surface area contributed by atoms with Gasteiger partial charge < -0.3 is 16.0 Å². The minimum Gasteiger partial charge on any atom is -0.398 e. The van der Waals surface area contributed by atoms with Crippen molar-refractivity contribution in [1.82, 2.24) is 10.2 Å². The monoisotopic (exact) mass is 293 g/mol. The van der Waals surface area contributed by atoms with Gasteiger partial charge in [0, 0.05) is 29.4 Å². The summed E-state index contributed by atoms with van der Waals surface area (Å²) in [6.07, 6.45) is 9.07. The van der Waals surface area contributed by atoms with Crippen molar-refractivity contribution in [3.8, 4) is 0 Å². The summed E-state index contributed by atoms with van der Waals surface area (Å²) in [5, 5.41) is 3.27. The molecule has 1 aromatic carbocycles. The van der Waals surface area contributed by atoms with E-state index in [4.69, 9.17) is 5.73 Å². The SMILES string of the molecule is Nc1ccccc1C(=O)CC1C2=C(C=CCC2)C2=CNCN21. The molecule has 0 saturated carbocycles. The second-order valence-electron chi connectivity index (χ2n) is 5.97. The van der Waals surface area contributed by atoms with Gasteiger partial charge in [-0.25, -0.2) is 0 Å². The third-order valence-corrected chi connectivity index (χ3v) is 4.72. The van der Waals surface area contributed by atoms with Crippen LogP contribution in [0.3, 0.4) is 0 Å². The van der Waals surface area contributed by atoms with Crippen LogP contribution in [0, 0.1) is 0 Å². The predicted molar refractivity (Wildman–Crippen MR) is 86.9 cm³/mol. The number of nitrogens with one attached hydrogen (secondary N) is 1. The highest BCUT2D eigenvalue weighted by atomic mass is 16.1. The Morgan fingerprint density at radius 2 is 2.23 bits per heavy atom. The molecule has 22 heavy (non-hydrogen) atoms. The van der Waals surface area contributed by atoms with E-state index in [0.29, 0.717) is 17.7 Å². The largest absolute Gasteiger partial charge is 0.398 e. The molecule has 1 aromatic rings. The number of benzene rings is 1. The van der Waals surface area contributed by atoms with Gasteiger partial charge in [0.1, 0.15) is 0 Å². The number of Topliss-reactive ketones (excluding diaryl/α,β-unsaturated/α-hetero) is 1. The topological polar surface area (TPSA) is 58.4 Å². The van der Waals surface area contributed by atoms with Gasteiger partial charge in [0.05, 0.1) is 18.4 Å². The number of nitrogen functional groups attached to an aromatic ring is 1. The van der Waals surface area contributed by atoms with Gasteiger partial charge in [0.15, 0.2) is 5.78 Å². The Bertz CT molecular complexity index is 730. The van der Waals surface area contributed by atoms with E-state index in [0.717, 1.165) is 19.5 Å². The Kier molecular flexibility index (Phi) is 3.03. The number of carbonyl (C=O) groups excluding carboxylic acids is 1. The molecule has 2 heterocycles. The van der Waals surface area contributed by atoms with E-state index in [-0.39, 0.29) is 11.8 Å². The molecule has 4 heteroatoms. The number of fused-ring (bicyclic) bond motifs is 2. The number of hydrogen-bond acceptors (Lipinski definition) is 4. The molecule has 0 aromatic heterocycles. The van der Waals surface area contributed by atoms with Crippen molar-refractivity contribution in [3.05, 3.63) is 65.0 Å². The number of nitrogens with two attached hydrogens (primary N) is 1. The lowest BCUT2D eigenvalue weighted by Gasteiger charge is -2.26. The third kappa shape index (κ3) is 1.95. The van der Waals surface area contributed by atoms with Crippen molar-refractivity contribution < 1.29 is 4.79 Å². The van der Waals surface area contributed by atoms with Gasteiger partial charge >= 0.3 is 0 Å². The lowest BCUT2D eigenvalue weighted by atomic mass is 9.90. The number of para-hydroxylation sites is 1. The van der Waals surface area contributed by atoms with Crippen molar-refractivity contribution in [1.29, 1.82) is 0 Å². The number of ketones is 1. The van der Waals surface area contributed by atoms with Crippen LogP contribution < -0.4 is 11.1 Å². The maximum atomic E-state index is 12.7. The van der Waals surface area contributed by atoms with Crippen molar-refractivity contribution in [2.75, 3.05) is 12.4 Å². The number of anilines is 1. The third-order valence-electron chi connectivity index (χ3n) is 4.72. The van der Waals surface area contributed by atoms with Gasteiger partial charge in [-0.2, -0.15) is 0 Å². The smallest absolute Gasteiger partial charge is 0.167 e. The fourth-order valence-electron chi connectivity index (χ4n) is 3.66. The van der Waals surface area contributed by atoms with Crippen LogP contribution in [0.15, 0.2) is 59.5 Å². The molecule has 0 amide bonds. The van der Waals surface area contributed by atoms with Crippen molar-refractivity contribution in [2.24, 2.45) is 0 Å². The molecular weight excluding hydrogens is 274 g/mol. The summed E-state index contributed by atoms with van der Waals surface area (Å²) >= 11 is 0. The zero-order valence-corrected chi connectivity index (χ0v) is 12.4. The summed E-state index contributed by atoms with van der Waals surface area (Å²) in [6.45, 7) is 0.776. The molecular formula is C18H19N3O. The molecule has 1 aliphatic carbocycles. The first-order chi connectivity index (χ1) is 10.8.